The molecule has 2 aromatic carbocycles. The zero-order valence-corrected chi connectivity index (χ0v) is 20.3. The summed E-state index contributed by atoms with van der Waals surface area (Å²) in [7, 11) is 0. The van der Waals surface area contributed by atoms with Crippen molar-refractivity contribution in [2.45, 2.75) is 33.4 Å². The second-order valence-corrected chi connectivity index (χ2v) is 7.11. The van der Waals surface area contributed by atoms with Gasteiger partial charge in [-0.15, -0.1) is 24.0 Å². The average molecular weight is 537 g/mol. The van der Waals surface area contributed by atoms with Gasteiger partial charge in [-0.25, -0.2) is 14.1 Å². The predicted molar refractivity (Wildman–Crippen MR) is 133 cm³/mol. The molecule has 0 fully saturated rings. The van der Waals surface area contributed by atoms with Crippen molar-refractivity contribution >= 4 is 29.9 Å². The van der Waals surface area contributed by atoms with E-state index in [2.05, 4.69) is 20.7 Å². The smallest absolute Gasteiger partial charge is 0.191 e. The summed E-state index contributed by atoms with van der Waals surface area (Å²) >= 11 is 0. The van der Waals surface area contributed by atoms with Gasteiger partial charge >= 0.3 is 0 Å². The van der Waals surface area contributed by atoms with Gasteiger partial charge in [-0.2, -0.15) is 5.10 Å². The van der Waals surface area contributed by atoms with Gasteiger partial charge in [0.15, 0.2) is 5.96 Å². The van der Waals surface area contributed by atoms with Gasteiger partial charge in [0.25, 0.3) is 0 Å². The lowest BCUT2D eigenvalue weighted by molar-refractivity contribution is 0.180. The molecule has 1 unspecified atom stereocenters. The molecule has 166 valence electrons. The highest BCUT2D eigenvalue weighted by Gasteiger charge is 2.11. The third-order valence-corrected chi connectivity index (χ3v) is 4.70. The molecule has 0 aliphatic rings. The molecule has 1 aromatic heterocycles. The highest BCUT2D eigenvalue weighted by Crippen LogP contribution is 2.18. The lowest BCUT2D eigenvalue weighted by atomic mass is 10.1. The Labute approximate surface area is 199 Å². The lowest BCUT2D eigenvalue weighted by Crippen LogP contribution is -2.39. The van der Waals surface area contributed by atoms with Crippen molar-refractivity contribution in [2.24, 2.45) is 4.99 Å². The van der Waals surface area contributed by atoms with Gasteiger partial charge in [-0.3, -0.25) is 0 Å². The maximum Gasteiger partial charge on any atom is 0.191 e. The van der Waals surface area contributed by atoms with E-state index in [4.69, 9.17) is 0 Å². The molecule has 0 saturated heterocycles. The lowest BCUT2D eigenvalue weighted by Gasteiger charge is -2.16. The number of aliphatic imine (C=N–C) groups is 1. The number of aliphatic hydroxyl groups excluding tert-OH is 1. The number of guanidine groups is 1. The summed E-state index contributed by atoms with van der Waals surface area (Å²) in [6.07, 6.45) is -0.767. The van der Waals surface area contributed by atoms with E-state index in [1.54, 1.807) is 12.1 Å². The first-order chi connectivity index (χ1) is 14.5. The van der Waals surface area contributed by atoms with Crippen molar-refractivity contribution in [1.82, 2.24) is 20.4 Å². The standard InChI is InChI=1S/C23H28FN5O.HI/c1-4-25-23(27-15-22(30)18-9-11-20(24)12-10-18)26-14-19-7-5-6-8-21(19)29-17(3)13-16(2)28-29;/h5-13,22,30H,4,14-15H2,1-3H3,(H2,25,26,27);1H. The van der Waals surface area contributed by atoms with Crippen LogP contribution in [0.15, 0.2) is 59.6 Å². The fraction of sp³-hybridized carbons (Fsp3) is 0.304. The molecule has 0 amide bonds. The van der Waals surface area contributed by atoms with E-state index < -0.39 is 6.10 Å². The number of hydrogen-bond acceptors (Lipinski definition) is 3. The van der Waals surface area contributed by atoms with E-state index >= 15 is 0 Å². The Morgan fingerprint density at radius 2 is 1.84 bits per heavy atom. The molecule has 0 aliphatic heterocycles. The van der Waals surface area contributed by atoms with Gasteiger partial charge in [0.05, 0.1) is 24.0 Å². The summed E-state index contributed by atoms with van der Waals surface area (Å²) < 4.78 is 15.0. The van der Waals surface area contributed by atoms with E-state index in [-0.39, 0.29) is 36.3 Å². The highest BCUT2D eigenvalue weighted by atomic mass is 127. The van der Waals surface area contributed by atoms with Crippen molar-refractivity contribution in [3.05, 3.63) is 82.9 Å². The quantitative estimate of drug-likeness (QED) is 0.242. The van der Waals surface area contributed by atoms with E-state index in [9.17, 15) is 9.50 Å². The number of rotatable bonds is 7. The minimum Gasteiger partial charge on any atom is -0.387 e. The third-order valence-electron chi connectivity index (χ3n) is 4.70. The minimum absolute atomic E-state index is 0. The number of nitrogens with one attached hydrogen (secondary N) is 2. The monoisotopic (exact) mass is 537 g/mol. The van der Waals surface area contributed by atoms with Gasteiger partial charge in [0, 0.05) is 18.8 Å². The van der Waals surface area contributed by atoms with E-state index in [0.29, 0.717) is 24.6 Å². The number of halogens is 2. The number of para-hydroxylation sites is 1. The van der Waals surface area contributed by atoms with Crippen LogP contribution in [-0.4, -0.2) is 33.9 Å². The number of hydrogen-bond donors (Lipinski definition) is 3. The number of benzene rings is 2. The summed E-state index contributed by atoms with van der Waals surface area (Å²) in [6.45, 7) is 7.40. The van der Waals surface area contributed by atoms with Crippen LogP contribution >= 0.6 is 24.0 Å². The van der Waals surface area contributed by atoms with Gasteiger partial charge < -0.3 is 15.7 Å². The number of aromatic nitrogens is 2. The molecule has 3 N–H and O–H groups in total. The van der Waals surface area contributed by atoms with Crippen molar-refractivity contribution in [2.75, 3.05) is 13.1 Å². The largest absolute Gasteiger partial charge is 0.387 e. The fourth-order valence-electron chi connectivity index (χ4n) is 3.23. The Morgan fingerprint density at radius 3 is 2.48 bits per heavy atom. The summed E-state index contributed by atoms with van der Waals surface area (Å²) in [4.78, 5) is 4.67. The van der Waals surface area contributed by atoms with E-state index in [1.165, 1.54) is 12.1 Å². The summed E-state index contributed by atoms with van der Waals surface area (Å²) in [5.74, 6) is 0.275. The molecule has 0 radical (unpaired) electrons. The molecule has 0 spiro atoms. The Bertz CT molecular complexity index is 1000. The van der Waals surface area contributed by atoms with Crippen molar-refractivity contribution in [3.63, 3.8) is 0 Å². The first-order valence-corrected chi connectivity index (χ1v) is 10.0. The third kappa shape index (κ3) is 6.76. The molecule has 1 atom stereocenters. The number of aliphatic hydroxyl groups is 1. The molecule has 3 rings (SSSR count). The predicted octanol–water partition coefficient (Wildman–Crippen LogP) is 4.03. The average Bonchev–Trinajstić information content (AvgIpc) is 3.08. The second kappa shape index (κ2) is 11.8. The van der Waals surface area contributed by atoms with Crippen LogP contribution in [0.1, 0.15) is 35.5 Å². The second-order valence-electron chi connectivity index (χ2n) is 7.11. The van der Waals surface area contributed by atoms with Crippen LogP contribution in [-0.2, 0) is 6.54 Å². The van der Waals surface area contributed by atoms with Gasteiger partial charge in [-0.1, -0.05) is 30.3 Å². The molecule has 0 bridgehead atoms. The highest BCUT2D eigenvalue weighted by molar-refractivity contribution is 14.0. The van der Waals surface area contributed by atoms with Crippen LogP contribution in [0.3, 0.4) is 0 Å². The maximum absolute atomic E-state index is 13.1. The SMILES string of the molecule is CCNC(=NCc1ccccc1-n1nc(C)cc1C)NCC(O)c1ccc(F)cc1.I. The zero-order chi connectivity index (χ0) is 21.5. The van der Waals surface area contributed by atoms with Gasteiger partial charge in [-0.05, 0) is 56.2 Å². The summed E-state index contributed by atoms with van der Waals surface area (Å²) in [6, 6.07) is 15.9. The van der Waals surface area contributed by atoms with Gasteiger partial charge in [0.2, 0.25) is 0 Å². The Morgan fingerprint density at radius 1 is 1.13 bits per heavy atom. The zero-order valence-electron chi connectivity index (χ0n) is 18.0. The fourth-order valence-corrected chi connectivity index (χ4v) is 3.23. The van der Waals surface area contributed by atoms with Crippen molar-refractivity contribution in [3.8, 4) is 5.69 Å². The number of aryl methyl sites for hydroxylation is 2. The molecule has 3 aromatic rings. The van der Waals surface area contributed by atoms with Crippen molar-refractivity contribution < 1.29 is 9.50 Å². The van der Waals surface area contributed by atoms with Crippen LogP contribution in [0.5, 0.6) is 0 Å². The molecule has 31 heavy (non-hydrogen) atoms. The first kappa shape index (κ1) is 24.8. The van der Waals surface area contributed by atoms with Crippen molar-refractivity contribution in [1.29, 1.82) is 0 Å². The Balaban J connectivity index is 0.00000341. The Kier molecular flexibility index (Phi) is 9.44. The van der Waals surface area contributed by atoms with Crippen LogP contribution in [0.2, 0.25) is 0 Å². The molecular weight excluding hydrogens is 508 g/mol. The molecule has 0 aliphatic carbocycles. The molecule has 1 heterocycles. The normalized spacial score (nSPS) is 12.2. The van der Waals surface area contributed by atoms with Crippen LogP contribution in [0, 0.1) is 19.7 Å². The maximum atomic E-state index is 13.1. The minimum atomic E-state index is -0.767. The van der Waals surface area contributed by atoms with E-state index in [1.807, 2.05) is 55.8 Å². The van der Waals surface area contributed by atoms with Crippen LogP contribution < -0.4 is 10.6 Å². The van der Waals surface area contributed by atoms with Crippen LogP contribution in [0.25, 0.3) is 5.69 Å². The molecule has 6 nitrogen and oxygen atoms in total. The molecule has 0 saturated carbocycles. The van der Waals surface area contributed by atoms with Crippen LogP contribution in [0.4, 0.5) is 4.39 Å². The first-order valence-electron chi connectivity index (χ1n) is 10.0. The van der Waals surface area contributed by atoms with Gasteiger partial charge in [0.1, 0.15) is 5.82 Å². The molecular formula is C23H29FIN5O. The Hall–Kier alpha value is -2.46. The summed E-state index contributed by atoms with van der Waals surface area (Å²) in [5.41, 5.74) is 4.72. The topological polar surface area (TPSA) is 74.5 Å². The number of nitrogens with zero attached hydrogens (tertiary/aromatic N) is 3. The molecule has 8 heteroatoms. The van der Waals surface area contributed by atoms with E-state index in [0.717, 1.165) is 22.6 Å². The summed E-state index contributed by atoms with van der Waals surface area (Å²) in [5, 5.41) is 21.3.